The summed E-state index contributed by atoms with van der Waals surface area (Å²) in [4.78, 5) is 2.71. The second kappa shape index (κ2) is 6.19. The number of hydrogen-bond donors (Lipinski definition) is 1. The molecule has 100 valence electrons. The van der Waals surface area contributed by atoms with Crippen molar-refractivity contribution in [2.45, 2.75) is 58.4 Å². The van der Waals surface area contributed by atoms with Gasteiger partial charge in [-0.1, -0.05) is 39.5 Å². The van der Waals surface area contributed by atoms with E-state index in [0.717, 1.165) is 24.3 Å². The van der Waals surface area contributed by atoms with Crippen molar-refractivity contribution >= 4 is 0 Å². The van der Waals surface area contributed by atoms with Gasteiger partial charge in [-0.15, -0.1) is 0 Å². The van der Waals surface area contributed by atoms with E-state index < -0.39 is 0 Å². The minimum absolute atomic E-state index is 0.628. The molecular weight excluding hydrogens is 208 g/mol. The number of hydrogen-bond acceptors (Lipinski definition) is 2. The summed E-state index contributed by atoms with van der Waals surface area (Å²) in [6, 6.07) is 0.628. The van der Waals surface area contributed by atoms with Gasteiger partial charge in [-0.3, -0.25) is 4.90 Å². The fourth-order valence-electron chi connectivity index (χ4n) is 3.94. The Hall–Kier alpha value is -0.0800. The molecular formula is C15H30N2. The van der Waals surface area contributed by atoms with Crippen LogP contribution in [0.15, 0.2) is 0 Å². The van der Waals surface area contributed by atoms with Crippen LogP contribution in [0.4, 0.5) is 0 Å². The maximum Gasteiger partial charge on any atom is 0.0244 e. The molecule has 0 radical (unpaired) electrons. The fourth-order valence-corrected chi connectivity index (χ4v) is 3.94. The van der Waals surface area contributed by atoms with E-state index in [-0.39, 0.29) is 0 Å². The smallest absolute Gasteiger partial charge is 0.0244 e. The number of likely N-dealkylation sites (tertiary alicyclic amines) is 1. The maximum atomic E-state index is 6.01. The number of nitrogens with zero attached hydrogens (tertiary/aromatic N) is 1. The Labute approximate surface area is 107 Å². The van der Waals surface area contributed by atoms with Crippen LogP contribution in [0.25, 0.3) is 0 Å². The zero-order valence-corrected chi connectivity index (χ0v) is 11.7. The van der Waals surface area contributed by atoms with Gasteiger partial charge in [0.1, 0.15) is 0 Å². The predicted molar refractivity (Wildman–Crippen MR) is 73.9 cm³/mol. The summed E-state index contributed by atoms with van der Waals surface area (Å²) in [5.41, 5.74) is 6.01. The molecule has 17 heavy (non-hydrogen) atoms. The molecule has 2 nitrogen and oxygen atoms in total. The van der Waals surface area contributed by atoms with Crippen LogP contribution in [0, 0.1) is 17.8 Å². The molecule has 2 rings (SSSR count). The molecule has 1 saturated carbocycles. The molecule has 0 bridgehead atoms. The third-order valence-corrected chi connectivity index (χ3v) is 5.33. The number of nitrogens with two attached hydrogens (primary N) is 1. The lowest BCUT2D eigenvalue weighted by Crippen LogP contribution is -2.51. The monoisotopic (exact) mass is 238 g/mol. The first-order chi connectivity index (χ1) is 8.26. The molecule has 1 aliphatic carbocycles. The highest BCUT2D eigenvalue weighted by Crippen LogP contribution is 2.37. The largest absolute Gasteiger partial charge is 0.329 e. The van der Waals surface area contributed by atoms with E-state index in [1.165, 1.54) is 51.6 Å². The van der Waals surface area contributed by atoms with Gasteiger partial charge in [-0.05, 0) is 37.1 Å². The minimum Gasteiger partial charge on any atom is -0.329 e. The summed E-state index contributed by atoms with van der Waals surface area (Å²) < 4.78 is 0. The third kappa shape index (κ3) is 3.03. The summed E-state index contributed by atoms with van der Waals surface area (Å²) in [7, 11) is 0. The van der Waals surface area contributed by atoms with Crippen LogP contribution in [0.5, 0.6) is 0 Å². The molecule has 0 aromatic rings. The summed E-state index contributed by atoms with van der Waals surface area (Å²) >= 11 is 0. The van der Waals surface area contributed by atoms with E-state index in [0.29, 0.717) is 6.04 Å². The van der Waals surface area contributed by atoms with E-state index in [1.807, 2.05) is 0 Å². The van der Waals surface area contributed by atoms with Crippen LogP contribution in [0.2, 0.25) is 0 Å². The van der Waals surface area contributed by atoms with E-state index in [4.69, 9.17) is 5.73 Å². The number of rotatable bonds is 4. The standard InChI is InChI=1S/C15H30N2/c1-3-12(2)15(10-16)17-9-8-13-6-4-5-7-14(13)11-17/h12-15H,3-11,16H2,1-2H3. The SMILES string of the molecule is CCC(C)C(CN)N1CCC2CCCCC2C1. The Bertz CT molecular complexity index is 229. The second-order valence-corrected chi connectivity index (χ2v) is 6.28. The van der Waals surface area contributed by atoms with Gasteiger partial charge in [0.15, 0.2) is 0 Å². The normalized spacial score (nSPS) is 34.1. The molecule has 1 aliphatic heterocycles. The van der Waals surface area contributed by atoms with Gasteiger partial charge in [0, 0.05) is 19.1 Å². The van der Waals surface area contributed by atoms with Crippen molar-refractivity contribution in [3.05, 3.63) is 0 Å². The number of piperidine rings is 1. The molecule has 0 amide bonds. The average molecular weight is 238 g/mol. The number of fused-ring (bicyclic) bond motifs is 1. The lowest BCUT2D eigenvalue weighted by Gasteiger charge is -2.45. The Morgan fingerprint density at radius 2 is 1.88 bits per heavy atom. The van der Waals surface area contributed by atoms with E-state index in [1.54, 1.807) is 0 Å². The molecule has 4 atom stereocenters. The van der Waals surface area contributed by atoms with Crippen molar-refractivity contribution in [3.63, 3.8) is 0 Å². The van der Waals surface area contributed by atoms with Gasteiger partial charge >= 0.3 is 0 Å². The lowest BCUT2D eigenvalue weighted by atomic mass is 9.74. The zero-order valence-electron chi connectivity index (χ0n) is 11.7. The van der Waals surface area contributed by atoms with Gasteiger partial charge in [0.05, 0.1) is 0 Å². The predicted octanol–water partition coefficient (Wildman–Crippen LogP) is 2.87. The van der Waals surface area contributed by atoms with Crippen LogP contribution in [-0.2, 0) is 0 Å². The molecule has 2 heteroatoms. The third-order valence-electron chi connectivity index (χ3n) is 5.33. The van der Waals surface area contributed by atoms with E-state index in [9.17, 15) is 0 Å². The lowest BCUT2D eigenvalue weighted by molar-refractivity contribution is 0.0411. The highest BCUT2D eigenvalue weighted by atomic mass is 15.2. The molecule has 1 saturated heterocycles. The Morgan fingerprint density at radius 3 is 2.53 bits per heavy atom. The molecule has 0 spiro atoms. The van der Waals surface area contributed by atoms with Crippen LogP contribution in [0.1, 0.15) is 52.4 Å². The Kier molecular flexibility index (Phi) is 4.87. The van der Waals surface area contributed by atoms with Crippen molar-refractivity contribution in [1.29, 1.82) is 0 Å². The fraction of sp³-hybridized carbons (Fsp3) is 1.00. The average Bonchev–Trinajstić information content (AvgIpc) is 2.39. The van der Waals surface area contributed by atoms with Crippen LogP contribution < -0.4 is 5.73 Å². The van der Waals surface area contributed by atoms with Gasteiger partial charge in [0.2, 0.25) is 0 Å². The van der Waals surface area contributed by atoms with Crippen LogP contribution in [0.3, 0.4) is 0 Å². The highest BCUT2D eigenvalue weighted by Gasteiger charge is 2.34. The van der Waals surface area contributed by atoms with Crippen molar-refractivity contribution in [1.82, 2.24) is 4.90 Å². The van der Waals surface area contributed by atoms with Crippen molar-refractivity contribution in [3.8, 4) is 0 Å². The highest BCUT2D eigenvalue weighted by molar-refractivity contribution is 4.88. The molecule has 2 fully saturated rings. The first kappa shape index (κ1) is 13.4. The van der Waals surface area contributed by atoms with Crippen molar-refractivity contribution < 1.29 is 0 Å². The molecule has 2 N–H and O–H groups in total. The van der Waals surface area contributed by atoms with E-state index in [2.05, 4.69) is 18.7 Å². The first-order valence-electron chi connectivity index (χ1n) is 7.70. The second-order valence-electron chi connectivity index (χ2n) is 6.28. The summed E-state index contributed by atoms with van der Waals surface area (Å²) in [6.45, 7) is 8.13. The molecule has 0 aromatic heterocycles. The van der Waals surface area contributed by atoms with E-state index >= 15 is 0 Å². The molecule has 0 aromatic carbocycles. The van der Waals surface area contributed by atoms with Crippen molar-refractivity contribution in [2.75, 3.05) is 19.6 Å². The molecule has 4 unspecified atom stereocenters. The Balaban J connectivity index is 1.93. The maximum absolute atomic E-state index is 6.01. The van der Waals surface area contributed by atoms with Crippen LogP contribution in [-0.4, -0.2) is 30.6 Å². The van der Waals surface area contributed by atoms with Gasteiger partial charge in [-0.2, -0.15) is 0 Å². The Morgan fingerprint density at radius 1 is 1.18 bits per heavy atom. The topological polar surface area (TPSA) is 29.3 Å². The van der Waals surface area contributed by atoms with Crippen LogP contribution >= 0.6 is 0 Å². The molecule has 2 aliphatic rings. The van der Waals surface area contributed by atoms with Gasteiger partial charge in [-0.25, -0.2) is 0 Å². The summed E-state index contributed by atoms with van der Waals surface area (Å²) in [5, 5.41) is 0. The quantitative estimate of drug-likeness (QED) is 0.816. The summed E-state index contributed by atoms with van der Waals surface area (Å²) in [6.07, 6.45) is 8.59. The minimum atomic E-state index is 0.628. The van der Waals surface area contributed by atoms with Gasteiger partial charge in [0.25, 0.3) is 0 Å². The zero-order chi connectivity index (χ0) is 12.3. The summed E-state index contributed by atoms with van der Waals surface area (Å²) in [5.74, 6) is 2.77. The molecule has 1 heterocycles. The van der Waals surface area contributed by atoms with Gasteiger partial charge < -0.3 is 5.73 Å². The first-order valence-corrected chi connectivity index (χ1v) is 7.70. The van der Waals surface area contributed by atoms with Crippen molar-refractivity contribution in [2.24, 2.45) is 23.5 Å².